The fourth-order valence-corrected chi connectivity index (χ4v) is 4.71. The van der Waals surface area contributed by atoms with Gasteiger partial charge in [-0.2, -0.15) is 0 Å². The maximum absolute atomic E-state index is 12.7. The number of hydrogen-bond donors (Lipinski definition) is 3. The van der Waals surface area contributed by atoms with Gasteiger partial charge in [-0.25, -0.2) is 4.79 Å². The van der Waals surface area contributed by atoms with Gasteiger partial charge in [0.25, 0.3) is 5.91 Å². The summed E-state index contributed by atoms with van der Waals surface area (Å²) in [5.74, 6) is -0.111. The number of amides is 3. The highest BCUT2D eigenvalue weighted by atomic mass is 16.5. The molecule has 8 heteroatoms. The number of urea groups is 1. The van der Waals surface area contributed by atoms with Crippen LogP contribution in [-0.2, 0) is 17.8 Å². The Bertz CT molecular complexity index is 946. The Labute approximate surface area is 181 Å². The van der Waals surface area contributed by atoms with Gasteiger partial charge in [-0.05, 0) is 73.8 Å². The van der Waals surface area contributed by atoms with Crippen molar-refractivity contribution in [2.24, 2.45) is 0 Å². The number of rotatable bonds is 3. The third-order valence-corrected chi connectivity index (χ3v) is 6.47. The monoisotopic (exact) mass is 421 g/mol. The van der Waals surface area contributed by atoms with Crippen LogP contribution in [0.3, 0.4) is 0 Å². The summed E-state index contributed by atoms with van der Waals surface area (Å²) in [4.78, 5) is 31.1. The molecular weight excluding hydrogens is 394 g/mol. The number of nitrogens with one attached hydrogen (secondary N) is 3. The van der Waals surface area contributed by atoms with Gasteiger partial charge in [0.05, 0.1) is 18.2 Å². The van der Waals surface area contributed by atoms with Gasteiger partial charge in [0.2, 0.25) is 0 Å². The van der Waals surface area contributed by atoms with Crippen molar-refractivity contribution in [1.82, 2.24) is 20.5 Å². The number of carbonyl (C=O) groups is 2. The summed E-state index contributed by atoms with van der Waals surface area (Å²) in [5, 5.41) is 9.36. The third-order valence-electron chi connectivity index (χ3n) is 6.47. The molecule has 2 aromatic rings. The molecule has 0 bridgehead atoms. The van der Waals surface area contributed by atoms with E-state index in [9.17, 15) is 9.59 Å². The van der Waals surface area contributed by atoms with E-state index in [1.54, 1.807) is 41.6 Å². The van der Waals surface area contributed by atoms with Crippen molar-refractivity contribution in [1.29, 1.82) is 0 Å². The second-order valence-electron chi connectivity index (χ2n) is 8.63. The molecule has 3 aliphatic heterocycles. The van der Waals surface area contributed by atoms with E-state index >= 15 is 0 Å². The number of hydrogen-bond acceptors (Lipinski definition) is 5. The van der Waals surface area contributed by atoms with Crippen LogP contribution < -0.4 is 16.0 Å². The molecule has 31 heavy (non-hydrogen) atoms. The van der Waals surface area contributed by atoms with Gasteiger partial charge in [0.1, 0.15) is 0 Å². The minimum Gasteiger partial charge on any atom is -0.373 e. The molecule has 162 valence electrons. The fourth-order valence-electron chi connectivity index (χ4n) is 4.71. The molecule has 2 fully saturated rings. The van der Waals surface area contributed by atoms with Crippen molar-refractivity contribution >= 4 is 17.6 Å². The molecule has 0 saturated carbocycles. The quantitative estimate of drug-likeness (QED) is 0.707. The lowest BCUT2D eigenvalue weighted by Gasteiger charge is -2.32. The van der Waals surface area contributed by atoms with E-state index in [4.69, 9.17) is 4.74 Å². The summed E-state index contributed by atoms with van der Waals surface area (Å²) in [6, 6.07) is 8.82. The molecule has 1 aromatic carbocycles. The molecule has 3 amide bonds. The number of piperidine rings is 1. The SMILES string of the molecule is O=C(NC1COC2(CCNCC2)C1)c1ccc(NC(=O)N2Cc3ccncc3C2)cc1. The summed E-state index contributed by atoms with van der Waals surface area (Å²) in [7, 11) is 0. The number of carbonyl (C=O) groups excluding carboxylic acids is 2. The molecule has 1 spiro atoms. The molecule has 1 aromatic heterocycles. The van der Waals surface area contributed by atoms with Crippen LogP contribution in [0.1, 0.15) is 40.7 Å². The molecule has 3 aliphatic rings. The predicted molar refractivity (Wildman–Crippen MR) is 116 cm³/mol. The van der Waals surface area contributed by atoms with Crippen LogP contribution in [0.15, 0.2) is 42.7 Å². The lowest BCUT2D eigenvalue weighted by atomic mass is 9.88. The average Bonchev–Trinajstić information content (AvgIpc) is 3.39. The van der Waals surface area contributed by atoms with Crippen LogP contribution in [0.4, 0.5) is 10.5 Å². The van der Waals surface area contributed by atoms with E-state index < -0.39 is 0 Å². The zero-order chi connectivity index (χ0) is 21.3. The average molecular weight is 422 g/mol. The zero-order valence-electron chi connectivity index (χ0n) is 17.4. The molecule has 8 nitrogen and oxygen atoms in total. The van der Waals surface area contributed by atoms with Gasteiger partial charge >= 0.3 is 6.03 Å². The standard InChI is InChI=1S/C23H27N5O3/c29-21(26-20-11-23(31-15-20)6-9-24-10-7-23)16-1-3-19(4-2-16)27-22(30)28-13-17-5-8-25-12-18(17)14-28/h1-5,8,12,20,24H,6-7,9-11,13-15H2,(H,26,29)(H,27,30). The summed E-state index contributed by atoms with van der Waals surface area (Å²) in [6.07, 6.45) is 6.40. The molecule has 5 rings (SSSR count). The number of pyridine rings is 1. The lowest BCUT2D eigenvalue weighted by Crippen LogP contribution is -2.43. The Hall–Kier alpha value is -2.97. The second kappa shape index (κ2) is 8.28. The van der Waals surface area contributed by atoms with Crippen molar-refractivity contribution < 1.29 is 14.3 Å². The van der Waals surface area contributed by atoms with Gasteiger partial charge in [-0.15, -0.1) is 0 Å². The molecule has 3 N–H and O–H groups in total. The first kappa shape index (κ1) is 20.0. The molecule has 0 radical (unpaired) electrons. The Morgan fingerprint density at radius 2 is 1.87 bits per heavy atom. The van der Waals surface area contributed by atoms with Gasteiger partial charge in [-0.3, -0.25) is 9.78 Å². The van der Waals surface area contributed by atoms with Gasteiger partial charge in [0, 0.05) is 36.7 Å². The number of fused-ring (bicyclic) bond motifs is 1. The van der Waals surface area contributed by atoms with E-state index in [0.29, 0.717) is 30.9 Å². The maximum Gasteiger partial charge on any atom is 0.322 e. The minimum atomic E-state index is -0.163. The van der Waals surface area contributed by atoms with E-state index in [1.165, 1.54) is 0 Å². The third kappa shape index (κ3) is 4.26. The molecule has 0 aliphatic carbocycles. The van der Waals surface area contributed by atoms with E-state index in [-0.39, 0.29) is 23.6 Å². The molecule has 4 heterocycles. The Morgan fingerprint density at radius 3 is 2.65 bits per heavy atom. The summed E-state index contributed by atoms with van der Waals surface area (Å²) >= 11 is 0. The highest BCUT2D eigenvalue weighted by Gasteiger charge is 2.41. The number of ether oxygens (including phenoxy) is 1. The van der Waals surface area contributed by atoms with Gasteiger partial charge in [-0.1, -0.05) is 0 Å². The Morgan fingerprint density at radius 1 is 1.10 bits per heavy atom. The van der Waals surface area contributed by atoms with Gasteiger partial charge < -0.3 is 25.6 Å². The largest absolute Gasteiger partial charge is 0.373 e. The molecular formula is C23H27N5O3. The number of benzene rings is 1. The van der Waals surface area contributed by atoms with Crippen molar-refractivity contribution in [2.45, 2.75) is 44.0 Å². The van der Waals surface area contributed by atoms with Crippen LogP contribution >= 0.6 is 0 Å². The fraction of sp³-hybridized carbons (Fsp3) is 0.435. The van der Waals surface area contributed by atoms with Crippen molar-refractivity contribution in [3.63, 3.8) is 0 Å². The van der Waals surface area contributed by atoms with Crippen LogP contribution in [0, 0.1) is 0 Å². The summed E-state index contributed by atoms with van der Waals surface area (Å²) < 4.78 is 6.05. The Kier molecular flexibility index (Phi) is 5.33. The Balaban J connectivity index is 1.14. The maximum atomic E-state index is 12.7. The molecule has 1 atom stereocenters. The van der Waals surface area contributed by atoms with E-state index in [2.05, 4.69) is 20.9 Å². The summed E-state index contributed by atoms with van der Waals surface area (Å²) in [6.45, 7) is 3.62. The smallest absolute Gasteiger partial charge is 0.322 e. The zero-order valence-corrected chi connectivity index (χ0v) is 17.4. The van der Waals surface area contributed by atoms with E-state index in [1.807, 2.05) is 6.07 Å². The molecule has 2 saturated heterocycles. The number of nitrogens with zero attached hydrogens (tertiary/aromatic N) is 2. The van der Waals surface area contributed by atoms with Crippen LogP contribution in [0.25, 0.3) is 0 Å². The minimum absolute atomic E-state index is 0.0382. The van der Waals surface area contributed by atoms with Crippen molar-refractivity contribution in [3.8, 4) is 0 Å². The van der Waals surface area contributed by atoms with Crippen LogP contribution in [-0.4, -0.2) is 53.2 Å². The highest BCUT2D eigenvalue weighted by molar-refractivity contribution is 5.95. The normalized spacial score (nSPS) is 21.7. The summed E-state index contributed by atoms with van der Waals surface area (Å²) in [5.41, 5.74) is 3.35. The number of aromatic nitrogens is 1. The van der Waals surface area contributed by atoms with E-state index in [0.717, 1.165) is 43.5 Å². The highest BCUT2D eigenvalue weighted by Crippen LogP contribution is 2.34. The number of anilines is 1. The lowest BCUT2D eigenvalue weighted by molar-refractivity contribution is -0.0194. The topological polar surface area (TPSA) is 95.6 Å². The first-order valence-electron chi connectivity index (χ1n) is 10.8. The van der Waals surface area contributed by atoms with Crippen LogP contribution in [0.5, 0.6) is 0 Å². The van der Waals surface area contributed by atoms with Crippen LogP contribution in [0.2, 0.25) is 0 Å². The predicted octanol–water partition coefficient (Wildman–Crippen LogP) is 2.27. The molecule has 1 unspecified atom stereocenters. The van der Waals surface area contributed by atoms with Crippen molar-refractivity contribution in [2.75, 3.05) is 25.0 Å². The van der Waals surface area contributed by atoms with Crippen molar-refractivity contribution in [3.05, 3.63) is 59.4 Å². The van der Waals surface area contributed by atoms with Gasteiger partial charge in [0.15, 0.2) is 0 Å². The first-order chi connectivity index (χ1) is 15.1. The first-order valence-corrected chi connectivity index (χ1v) is 10.8. The second-order valence-corrected chi connectivity index (χ2v) is 8.63.